The smallest absolute Gasteiger partial charge is 0.272 e. The molecular weight excluding hydrogens is 324 g/mol. The third kappa shape index (κ3) is 4.93. The third-order valence-corrected chi connectivity index (χ3v) is 4.03. The van der Waals surface area contributed by atoms with Crippen LogP contribution in [0, 0.1) is 6.92 Å². The zero-order chi connectivity index (χ0) is 17.5. The Kier molecular flexibility index (Phi) is 6.55. The molecule has 1 aromatic heterocycles. The van der Waals surface area contributed by atoms with Crippen LogP contribution in [0.4, 0.5) is 5.95 Å². The first-order chi connectivity index (χ1) is 11.5. The fraction of sp³-hybridized carbons (Fsp3) is 0.389. The molecule has 6 heteroatoms. The molecule has 0 fully saturated rings. The van der Waals surface area contributed by atoms with E-state index in [4.69, 9.17) is 11.6 Å². The summed E-state index contributed by atoms with van der Waals surface area (Å²) in [6, 6.07) is 9.31. The standard InChI is InChI=1S/C18H23ClN4O/c1-4-5-10-23(3)17(24)16-11-13(2)21-18(22-16)20-12-14-8-6-7-9-15(14)19/h6-9,11H,4-5,10,12H2,1-3H3,(H,20,21,22). The van der Waals surface area contributed by atoms with Gasteiger partial charge in [0.05, 0.1) is 0 Å². The first-order valence-electron chi connectivity index (χ1n) is 8.09. The molecule has 5 nitrogen and oxygen atoms in total. The first kappa shape index (κ1) is 18.2. The van der Waals surface area contributed by atoms with Crippen molar-refractivity contribution in [2.75, 3.05) is 18.9 Å². The normalized spacial score (nSPS) is 10.5. The summed E-state index contributed by atoms with van der Waals surface area (Å²) in [7, 11) is 1.80. The van der Waals surface area contributed by atoms with Crippen LogP contribution in [0.1, 0.15) is 41.5 Å². The second kappa shape index (κ2) is 8.64. The van der Waals surface area contributed by atoms with Gasteiger partial charge in [0.25, 0.3) is 5.91 Å². The Morgan fingerprint density at radius 2 is 2.04 bits per heavy atom. The molecule has 0 aliphatic heterocycles. The number of nitrogens with zero attached hydrogens (tertiary/aromatic N) is 3. The van der Waals surface area contributed by atoms with Crippen LogP contribution in [0.5, 0.6) is 0 Å². The predicted octanol–water partition coefficient (Wildman–Crippen LogP) is 3.92. The lowest BCUT2D eigenvalue weighted by atomic mass is 10.2. The molecule has 0 aliphatic rings. The van der Waals surface area contributed by atoms with Crippen molar-refractivity contribution >= 4 is 23.5 Å². The van der Waals surface area contributed by atoms with Crippen LogP contribution in [0.2, 0.25) is 5.02 Å². The summed E-state index contributed by atoms with van der Waals surface area (Å²) < 4.78 is 0. The van der Waals surface area contributed by atoms with Gasteiger partial charge in [0.1, 0.15) is 5.69 Å². The van der Waals surface area contributed by atoms with Gasteiger partial charge in [-0.1, -0.05) is 43.1 Å². The van der Waals surface area contributed by atoms with Gasteiger partial charge in [-0.25, -0.2) is 9.97 Å². The molecule has 128 valence electrons. The molecule has 0 saturated carbocycles. The maximum absolute atomic E-state index is 12.5. The van der Waals surface area contributed by atoms with Crippen molar-refractivity contribution in [1.29, 1.82) is 0 Å². The van der Waals surface area contributed by atoms with E-state index >= 15 is 0 Å². The van der Waals surface area contributed by atoms with Crippen molar-refractivity contribution in [3.8, 4) is 0 Å². The number of unbranched alkanes of at least 4 members (excludes halogenated alkanes) is 1. The fourth-order valence-corrected chi connectivity index (χ4v) is 2.47. The molecule has 1 amide bonds. The predicted molar refractivity (Wildman–Crippen MR) is 97.4 cm³/mol. The number of amides is 1. The van der Waals surface area contributed by atoms with Crippen molar-refractivity contribution in [3.05, 3.63) is 52.3 Å². The molecule has 1 N–H and O–H groups in total. The molecule has 24 heavy (non-hydrogen) atoms. The van der Waals surface area contributed by atoms with E-state index in [0.29, 0.717) is 23.2 Å². The van der Waals surface area contributed by atoms with Crippen LogP contribution < -0.4 is 5.32 Å². The molecule has 1 aromatic carbocycles. The maximum Gasteiger partial charge on any atom is 0.272 e. The van der Waals surface area contributed by atoms with Gasteiger partial charge >= 0.3 is 0 Å². The second-order valence-electron chi connectivity index (χ2n) is 5.74. The number of benzene rings is 1. The number of hydrogen-bond donors (Lipinski definition) is 1. The Hall–Kier alpha value is -2.14. The third-order valence-electron chi connectivity index (χ3n) is 3.66. The number of halogens is 1. The van der Waals surface area contributed by atoms with Crippen LogP contribution in [0.15, 0.2) is 30.3 Å². The summed E-state index contributed by atoms with van der Waals surface area (Å²) in [5.74, 6) is 0.344. The maximum atomic E-state index is 12.5. The highest BCUT2D eigenvalue weighted by Crippen LogP contribution is 2.16. The van der Waals surface area contributed by atoms with E-state index in [1.165, 1.54) is 0 Å². The SMILES string of the molecule is CCCCN(C)C(=O)c1cc(C)nc(NCc2ccccc2Cl)n1. The van der Waals surface area contributed by atoms with E-state index < -0.39 is 0 Å². The van der Waals surface area contributed by atoms with Gasteiger partial charge in [0.2, 0.25) is 5.95 Å². The van der Waals surface area contributed by atoms with Crippen molar-refractivity contribution < 1.29 is 4.79 Å². The van der Waals surface area contributed by atoms with Crippen molar-refractivity contribution in [2.45, 2.75) is 33.2 Å². The van der Waals surface area contributed by atoms with Crippen LogP contribution >= 0.6 is 11.6 Å². The highest BCUT2D eigenvalue weighted by Gasteiger charge is 2.15. The van der Waals surface area contributed by atoms with E-state index in [9.17, 15) is 4.79 Å². The van der Waals surface area contributed by atoms with Crippen molar-refractivity contribution in [3.63, 3.8) is 0 Å². The highest BCUT2D eigenvalue weighted by molar-refractivity contribution is 6.31. The van der Waals surface area contributed by atoms with Crippen LogP contribution in [0.3, 0.4) is 0 Å². The topological polar surface area (TPSA) is 58.1 Å². The average Bonchev–Trinajstić information content (AvgIpc) is 2.57. The highest BCUT2D eigenvalue weighted by atomic mass is 35.5. The number of hydrogen-bond acceptors (Lipinski definition) is 4. The van der Waals surface area contributed by atoms with Crippen LogP contribution in [-0.4, -0.2) is 34.4 Å². The van der Waals surface area contributed by atoms with E-state index in [0.717, 1.165) is 30.6 Å². The largest absolute Gasteiger partial charge is 0.350 e. The summed E-state index contributed by atoms with van der Waals surface area (Å²) in [5.41, 5.74) is 2.11. The Labute approximate surface area is 148 Å². The van der Waals surface area contributed by atoms with Crippen LogP contribution in [0.25, 0.3) is 0 Å². The van der Waals surface area contributed by atoms with E-state index in [1.807, 2.05) is 31.2 Å². The quantitative estimate of drug-likeness (QED) is 0.825. The molecular formula is C18H23ClN4O. The second-order valence-corrected chi connectivity index (χ2v) is 6.15. The number of aryl methyl sites for hydroxylation is 1. The van der Waals surface area contributed by atoms with Crippen molar-refractivity contribution in [1.82, 2.24) is 14.9 Å². The summed E-state index contributed by atoms with van der Waals surface area (Å²) in [5, 5.41) is 3.83. The number of anilines is 1. The lowest BCUT2D eigenvalue weighted by Gasteiger charge is -2.17. The summed E-state index contributed by atoms with van der Waals surface area (Å²) in [6.45, 7) is 5.18. The molecule has 0 saturated heterocycles. The molecule has 0 spiro atoms. The molecule has 0 bridgehead atoms. The Balaban J connectivity index is 2.10. The van der Waals surface area contributed by atoms with E-state index in [2.05, 4.69) is 22.2 Å². The average molecular weight is 347 g/mol. The van der Waals surface area contributed by atoms with Gasteiger partial charge in [0.15, 0.2) is 0 Å². The summed E-state index contributed by atoms with van der Waals surface area (Å²) >= 11 is 6.15. The molecule has 0 unspecified atom stereocenters. The molecule has 0 radical (unpaired) electrons. The molecule has 1 heterocycles. The number of carbonyl (C=O) groups excluding carboxylic acids is 1. The van der Waals surface area contributed by atoms with Crippen LogP contribution in [-0.2, 0) is 6.54 Å². The van der Waals surface area contributed by atoms with E-state index in [1.54, 1.807) is 18.0 Å². The Morgan fingerprint density at radius 1 is 1.29 bits per heavy atom. The Morgan fingerprint density at radius 3 is 2.75 bits per heavy atom. The first-order valence-corrected chi connectivity index (χ1v) is 8.47. The number of aromatic nitrogens is 2. The molecule has 0 aliphatic carbocycles. The molecule has 2 rings (SSSR count). The summed E-state index contributed by atoms with van der Waals surface area (Å²) in [6.07, 6.45) is 2.02. The minimum atomic E-state index is -0.0882. The van der Waals surface area contributed by atoms with Gasteiger partial charge in [-0.05, 0) is 31.0 Å². The van der Waals surface area contributed by atoms with Crippen molar-refractivity contribution in [2.24, 2.45) is 0 Å². The zero-order valence-electron chi connectivity index (χ0n) is 14.3. The van der Waals surface area contributed by atoms with Gasteiger partial charge in [0, 0.05) is 30.9 Å². The molecule has 2 aromatic rings. The van der Waals surface area contributed by atoms with E-state index in [-0.39, 0.29) is 5.91 Å². The Bertz CT molecular complexity index is 705. The number of carbonyl (C=O) groups is 1. The fourth-order valence-electron chi connectivity index (χ4n) is 2.27. The monoisotopic (exact) mass is 346 g/mol. The molecule has 0 atom stereocenters. The summed E-state index contributed by atoms with van der Waals surface area (Å²) in [4.78, 5) is 22.9. The van der Waals surface area contributed by atoms with Gasteiger partial charge < -0.3 is 10.2 Å². The van der Waals surface area contributed by atoms with Gasteiger partial charge in [-0.15, -0.1) is 0 Å². The lowest BCUT2D eigenvalue weighted by Crippen LogP contribution is -2.28. The van der Waals surface area contributed by atoms with Gasteiger partial charge in [-0.3, -0.25) is 4.79 Å². The zero-order valence-corrected chi connectivity index (χ0v) is 15.1. The van der Waals surface area contributed by atoms with Gasteiger partial charge in [-0.2, -0.15) is 0 Å². The minimum absolute atomic E-state index is 0.0882. The number of nitrogens with one attached hydrogen (secondary N) is 1. The number of rotatable bonds is 7. The lowest BCUT2D eigenvalue weighted by molar-refractivity contribution is 0.0787. The minimum Gasteiger partial charge on any atom is -0.350 e.